The highest BCUT2D eigenvalue weighted by atomic mass is 32.1. The maximum Gasteiger partial charge on any atom is 0.231 e. The second-order valence-electron chi connectivity index (χ2n) is 8.15. The zero-order valence-electron chi connectivity index (χ0n) is 16.6. The lowest BCUT2D eigenvalue weighted by Gasteiger charge is -2.22. The second-order valence-corrected chi connectivity index (χ2v) is 9.01. The second kappa shape index (κ2) is 7.43. The molecule has 0 aliphatic carbocycles. The van der Waals surface area contributed by atoms with Crippen LogP contribution in [0.3, 0.4) is 0 Å². The summed E-state index contributed by atoms with van der Waals surface area (Å²) in [7, 11) is 0. The van der Waals surface area contributed by atoms with Crippen molar-refractivity contribution < 1.29 is 9.59 Å². The van der Waals surface area contributed by atoms with Crippen LogP contribution in [-0.2, 0) is 16.0 Å². The number of carbonyl (C=O) groups excluding carboxylic acids is 2. The Bertz CT molecular complexity index is 867. The highest BCUT2D eigenvalue weighted by molar-refractivity contribution is 7.14. The lowest BCUT2D eigenvalue weighted by atomic mass is 9.96. The van der Waals surface area contributed by atoms with E-state index in [1.165, 1.54) is 16.9 Å². The van der Waals surface area contributed by atoms with Gasteiger partial charge in [-0.05, 0) is 37.5 Å². The van der Waals surface area contributed by atoms with Crippen molar-refractivity contribution in [1.82, 2.24) is 4.98 Å². The molecule has 5 nitrogen and oxygen atoms in total. The minimum Gasteiger partial charge on any atom is -0.309 e. The number of benzene rings is 1. The van der Waals surface area contributed by atoms with Gasteiger partial charge in [-0.15, -0.1) is 11.3 Å². The van der Waals surface area contributed by atoms with Crippen LogP contribution in [0.15, 0.2) is 23.6 Å². The monoisotopic (exact) mass is 385 g/mol. The van der Waals surface area contributed by atoms with Gasteiger partial charge in [0.05, 0.1) is 5.69 Å². The fourth-order valence-corrected chi connectivity index (χ4v) is 3.97. The SMILES string of the molecule is CCCC(=O)N1c2ccc(-c3csc(NC(=O)C(C)(C)C)n3)cc2CC1C. The zero-order chi connectivity index (χ0) is 19.8. The van der Waals surface area contributed by atoms with Gasteiger partial charge in [0.2, 0.25) is 11.8 Å². The van der Waals surface area contributed by atoms with Crippen molar-refractivity contribution in [2.75, 3.05) is 10.2 Å². The number of carbonyl (C=O) groups is 2. The van der Waals surface area contributed by atoms with Crippen molar-refractivity contribution in [1.29, 1.82) is 0 Å². The molecule has 1 atom stereocenters. The smallest absolute Gasteiger partial charge is 0.231 e. The number of amides is 2. The molecule has 144 valence electrons. The first kappa shape index (κ1) is 19.5. The van der Waals surface area contributed by atoms with Gasteiger partial charge in [0.15, 0.2) is 5.13 Å². The van der Waals surface area contributed by atoms with Crippen molar-refractivity contribution in [2.45, 2.75) is 59.9 Å². The molecule has 0 bridgehead atoms. The summed E-state index contributed by atoms with van der Waals surface area (Å²) in [5.74, 6) is 0.147. The molecule has 1 aliphatic rings. The fraction of sp³-hybridized carbons (Fsp3) is 0.476. The maximum atomic E-state index is 12.4. The van der Waals surface area contributed by atoms with Crippen LogP contribution < -0.4 is 10.2 Å². The molecule has 0 saturated carbocycles. The highest BCUT2D eigenvalue weighted by Gasteiger charge is 2.30. The molecule has 0 spiro atoms. The van der Waals surface area contributed by atoms with E-state index in [0.29, 0.717) is 11.6 Å². The van der Waals surface area contributed by atoms with Crippen molar-refractivity contribution in [3.63, 3.8) is 0 Å². The molecule has 2 amide bonds. The Kier molecular flexibility index (Phi) is 5.38. The number of aromatic nitrogens is 1. The number of fused-ring (bicyclic) bond motifs is 1. The molecule has 0 saturated heterocycles. The Morgan fingerprint density at radius 3 is 2.74 bits per heavy atom. The molecule has 2 heterocycles. The van der Waals surface area contributed by atoms with Gasteiger partial charge in [0.1, 0.15) is 0 Å². The standard InChI is InChI=1S/C21H27N3O2S/c1-6-7-18(25)24-13(2)10-15-11-14(8-9-17(15)24)16-12-27-20(22-16)23-19(26)21(3,4)5/h8-9,11-13H,6-7,10H2,1-5H3,(H,22,23,26). The molecule has 6 heteroatoms. The van der Waals surface area contributed by atoms with E-state index in [1.54, 1.807) is 0 Å². The summed E-state index contributed by atoms with van der Waals surface area (Å²) in [6.07, 6.45) is 2.29. The molecule has 27 heavy (non-hydrogen) atoms. The third kappa shape index (κ3) is 4.05. The first-order valence-corrected chi connectivity index (χ1v) is 10.3. The van der Waals surface area contributed by atoms with Crippen molar-refractivity contribution in [3.8, 4) is 11.3 Å². The minimum absolute atomic E-state index is 0.0451. The topological polar surface area (TPSA) is 62.3 Å². The van der Waals surface area contributed by atoms with E-state index in [2.05, 4.69) is 23.3 Å². The van der Waals surface area contributed by atoms with Gasteiger partial charge in [-0.25, -0.2) is 4.98 Å². The molecule has 0 radical (unpaired) electrons. The number of nitrogens with zero attached hydrogens (tertiary/aromatic N) is 2. The van der Waals surface area contributed by atoms with E-state index >= 15 is 0 Å². The fourth-order valence-electron chi connectivity index (χ4n) is 3.25. The van der Waals surface area contributed by atoms with E-state index in [4.69, 9.17) is 0 Å². The van der Waals surface area contributed by atoms with Crippen LogP contribution in [0.5, 0.6) is 0 Å². The van der Waals surface area contributed by atoms with E-state index in [1.807, 2.05) is 50.1 Å². The summed E-state index contributed by atoms with van der Waals surface area (Å²) in [5.41, 5.74) is 3.60. The highest BCUT2D eigenvalue weighted by Crippen LogP contribution is 2.36. The molecule has 1 N–H and O–H groups in total. The van der Waals surface area contributed by atoms with E-state index in [-0.39, 0.29) is 17.9 Å². The van der Waals surface area contributed by atoms with Gasteiger partial charge >= 0.3 is 0 Å². The Hall–Kier alpha value is -2.21. The Balaban J connectivity index is 1.82. The third-order valence-electron chi connectivity index (χ3n) is 4.73. The van der Waals surface area contributed by atoms with Crippen molar-refractivity contribution in [2.24, 2.45) is 5.41 Å². The van der Waals surface area contributed by atoms with Crippen LogP contribution in [0.4, 0.5) is 10.8 Å². The van der Waals surface area contributed by atoms with Crippen LogP contribution in [0.1, 0.15) is 53.0 Å². The molecule has 1 unspecified atom stereocenters. The van der Waals surface area contributed by atoms with Crippen molar-refractivity contribution in [3.05, 3.63) is 29.1 Å². The lowest BCUT2D eigenvalue weighted by Crippen LogP contribution is -2.35. The van der Waals surface area contributed by atoms with Gasteiger partial charge in [0.25, 0.3) is 0 Å². The van der Waals surface area contributed by atoms with Crippen LogP contribution in [-0.4, -0.2) is 22.8 Å². The van der Waals surface area contributed by atoms with E-state index < -0.39 is 5.41 Å². The summed E-state index contributed by atoms with van der Waals surface area (Å²) in [5, 5.41) is 5.45. The summed E-state index contributed by atoms with van der Waals surface area (Å²) in [4.78, 5) is 31.1. The number of anilines is 2. The minimum atomic E-state index is -0.454. The van der Waals surface area contributed by atoms with Gasteiger partial charge < -0.3 is 10.2 Å². The Morgan fingerprint density at radius 1 is 1.33 bits per heavy atom. The summed E-state index contributed by atoms with van der Waals surface area (Å²) in [6, 6.07) is 6.34. The number of nitrogens with one attached hydrogen (secondary N) is 1. The van der Waals surface area contributed by atoms with Crippen LogP contribution in [0.2, 0.25) is 0 Å². The first-order chi connectivity index (χ1) is 12.7. The molecule has 3 rings (SSSR count). The molecule has 2 aromatic rings. The number of hydrogen-bond acceptors (Lipinski definition) is 4. The summed E-state index contributed by atoms with van der Waals surface area (Å²) >= 11 is 1.43. The average Bonchev–Trinajstić information content (AvgIpc) is 3.16. The van der Waals surface area contributed by atoms with Crippen LogP contribution >= 0.6 is 11.3 Å². The normalized spacial score (nSPS) is 16.3. The van der Waals surface area contributed by atoms with Gasteiger partial charge in [-0.1, -0.05) is 33.8 Å². The van der Waals surface area contributed by atoms with Crippen molar-refractivity contribution >= 4 is 34.0 Å². The van der Waals surface area contributed by atoms with Crippen LogP contribution in [0.25, 0.3) is 11.3 Å². The summed E-state index contributed by atoms with van der Waals surface area (Å²) in [6.45, 7) is 9.76. The molecule has 0 fully saturated rings. The number of hydrogen-bond donors (Lipinski definition) is 1. The third-order valence-corrected chi connectivity index (χ3v) is 5.49. The van der Waals surface area contributed by atoms with Gasteiger partial charge in [0, 0.05) is 34.5 Å². The average molecular weight is 386 g/mol. The quantitative estimate of drug-likeness (QED) is 0.816. The Morgan fingerprint density at radius 2 is 2.07 bits per heavy atom. The number of rotatable bonds is 4. The lowest BCUT2D eigenvalue weighted by molar-refractivity contribution is -0.123. The zero-order valence-corrected chi connectivity index (χ0v) is 17.4. The molecule has 1 aromatic heterocycles. The molecule has 1 aromatic carbocycles. The first-order valence-electron chi connectivity index (χ1n) is 9.43. The summed E-state index contributed by atoms with van der Waals surface area (Å²) < 4.78 is 0. The van der Waals surface area contributed by atoms with Gasteiger partial charge in [-0.3, -0.25) is 9.59 Å². The van der Waals surface area contributed by atoms with Gasteiger partial charge in [-0.2, -0.15) is 0 Å². The van der Waals surface area contributed by atoms with Crippen LogP contribution in [0, 0.1) is 5.41 Å². The predicted octanol–water partition coefficient (Wildman–Crippen LogP) is 4.87. The molecular formula is C21H27N3O2S. The molecular weight excluding hydrogens is 358 g/mol. The maximum absolute atomic E-state index is 12.4. The number of thiazole rings is 1. The van der Waals surface area contributed by atoms with E-state index in [9.17, 15) is 9.59 Å². The predicted molar refractivity (Wildman–Crippen MR) is 111 cm³/mol. The molecule has 1 aliphatic heterocycles. The largest absolute Gasteiger partial charge is 0.309 e. The Labute approximate surface area is 164 Å². The van der Waals surface area contributed by atoms with E-state index in [0.717, 1.165) is 29.8 Å².